The number of halogens is 4. The summed E-state index contributed by atoms with van der Waals surface area (Å²) in [7, 11) is 0. The molecule has 0 unspecified atom stereocenters. The van der Waals surface area contributed by atoms with E-state index in [1.165, 1.54) is 0 Å². The third-order valence-electron chi connectivity index (χ3n) is 2.79. The fourth-order valence-corrected chi connectivity index (χ4v) is 3.55. The molecule has 0 heterocycles. The number of ether oxygens (including phenoxy) is 1. The minimum Gasteiger partial charge on any atom is -0.479 e. The van der Waals surface area contributed by atoms with E-state index < -0.39 is 0 Å². The molecule has 2 nitrogen and oxygen atoms in total. The van der Waals surface area contributed by atoms with Crippen LogP contribution in [0.4, 0.5) is 5.69 Å². The second kappa shape index (κ2) is 8.12. The number of benzene rings is 2. The Morgan fingerprint density at radius 3 is 2.59 bits per heavy atom. The van der Waals surface area contributed by atoms with Crippen molar-refractivity contribution in [3.8, 4) is 18.1 Å². The van der Waals surface area contributed by atoms with Gasteiger partial charge in [0.2, 0.25) is 0 Å². The molecule has 0 radical (unpaired) electrons. The van der Waals surface area contributed by atoms with Gasteiger partial charge in [-0.25, -0.2) is 0 Å². The molecule has 2 aromatic rings. The molecule has 2 rings (SSSR count). The molecule has 0 atom stereocenters. The molecule has 0 aliphatic carbocycles. The van der Waals surface area contributed by atoms with Crippen LogP contribution < -0.4 is 10.1 Å². The van der Waals surface area contributed by atoms with E-state index in [1.54, 1.807) is 12.1 Å². The Bertz CT molecular complexity index is 729. The van der Waals surface area contributed by atoms with Gasteiger partial charge in [0, 0.05) is 22.3 Å². The van der Waals surface area contributed by atoms with E-state index in [0.717, 1.165) is 20.2 Å². The zero-order valence-electron chi connectivity index (χ0n) is 11.3. The third kappa shape index (κ3) is 4.57. The zero-order valence-corrected chi connectivity index (χ0v) is 16.0. The first kappa shape index (κ1) is 17.5. The molecule has 0 bridgehead atoms. The van der Waals surface area contributed by atoms with Crippen molar-refractivity contribution in [1.82, 2.24) is 0 Å². The van der Waals surface area contributed by atoms with Crippen LogP contribution in [0.1, 0.15) is 5.56 Å². The summed E-state index contributed by atoms with van der Waals surface area (Å²) in [5.74, 6) is 3.18. The van der Waals surface area contributed by atoms with Crippen LogP contribution in [0.2, 0.25) is 10.0 Å². The summed E-state index contributed by atoms with van der Waals surface area (Å²) >= 11 is 18.9. The Hall–Kier alpha value is -0.860. The van der Waals surface area contributed by atoms with Gasteiger partial charge in [0.05, 0.1) is 14.5 Å². The molecule has 22 heavy (non-hydrogen) atoms. The van der Waals surface area contributed by atoms with Crippen LogP contribution in [0.5, 0.6) is 5.75 Å². The predicted octanol–water partition coefficient (Wildman–Crippen LogP) is 6.14. The number of hydrogen-bond acceptors (Lipinski definition) is 2. The van der Waals surface area contributed by atoms with E-state index in [0.29, 0.717) is 22.3 Å². The average molecular weight is 464 g/mol. The molecule has 0 spiro atoms. The van der Waals surface area contributed by atoms with Crippen LogP contribution >= 0.6 is 55.1 Å². The SMILES string of the molecule is C#CCOc1c(Br)cc(Br)cc1CNc1ccc(Cl)c(Cl)c1. The summed E-state index contributed by atoms with van der Waals surface area (Å²) in [6.45, 7) is 0.760. The van der Waals surface area contributed by atoms with E-state index >= 15 is 0 Å². The highest BCUT2D eigenvalue weighted by Gasteiger charge is 2.10. The highest BCUT2D eigenvalue weighted by atomic mass is 79.9. The summed E-state index contributed by atoms with van der Waals surface area (Å²) < 4.78 is 7.39. The molecular formula is C16H11Br2Cl2NO. The van der Waals surface area contributed by atoms with E-state index in [4.69, 9.17) is 34.4 Å². The molecule has 0 amide bonds. The first-order valence-electron chi connectivity index (χ1n) is 6.24. The maximum Gasteiger partial charge on any atom is 0.148 e. The van der Waals surface area contributed by atoms with Crippen molar-refractivity contribution in [3.05, 3.63) is 54.9 Å². The Labute approximate surface area is 156 Å². The van der Waals surface area contributed by atoms with Crippen LogP contribution in [0, 0.1) is 12.3 Å². The predicted molar refractivity (Wildman–Crippen MR) is 100.0 cm³/mol. The largest absolute Gasteiger partial charge is 0.479 e. The topological polar surface area (TPSA) is 21.3 Å². The van der Waals surface area contributed by atoms with Gasteiger partial charge in [-0.05, 0) is 46.3 Å². The third-order valence-corrected chi connectivity index (χ3v) is 4.57. The maximum absolute atomic E-state index is 6.01. The number of anilines is 1. The minimum absolute atomic E-state index is 0.208. The number of rotatable bonds is 5. The van der Waals surface area contributed by atoms with Crippen molar-refractivity contribution < 1.29 is 4.74 Å². The van der Waals surface area contributed by atoms with Gasteiger partial charge in [-0.2, -0.15) is 0 Å². The van der Waals surface area contributed by atoms with Crippen LogP contribution in [-0.2, 0) is 6.54 Å². The van der Waals surface area contributed by atoms with Gasteiger partial charge in [0.25, 0.3) is 0 Å². The van der Waals surface area contributed by atoms with Crippen molar-refractivity contribution >= 4 is 60.7 Å². The quantitative estimate of drug-likeness (QED) is 0.537. The molecule has 1 N–H and O–H groups in total. The molecule has 0 aromatic heterocycles. The van der Waals surface area contributed by atoms with Gasteiger partial charge >= 0.3 is 0 Å². The normalized spacial score (nSPS) is 10.1. The average Bonchev–Trinajstić information content (AvgIpc) is 2.47. The molecule has 0 fully saturated rings. The molecule has 6 heteroatoms. The van der Waals surface area contributed by atoms with Gasteiger partial charge in [-0.3, -0.25) is 0 Å². The smallest absolute Gasteiger partial charge is 0.148 e. The van der Waals surface area contributed by atoms with Crippen molar-refractivity contribution in [2.24, 2.45) is 0 Å². The summed E-state index contributed by atoms with van der Waals surface area (Å²) in [6.07, 6.45) is 5.26. The van der Waals surface area contributed by atoms with Crippen molar-refractivity contribution in [2.45, 2.75) is 6.54 Å². The standard InChI is InChI=1S/C16H11Br2Cl2NO/c1-2-5-22-16-10(6-11(17)7-13(16)18)9-21-12-3-4-14(19)15(20)8-12/h1,3-4,6-8,21H,5,9H2. The summed E-state index contributed by atoms with van der Waals surface area (Å²) in [6, 6.07) is 9.27. The second-order valence-electron chi connectivity index (χ2n) is 4.35. The van der Waals surface area contributed by atoms with Gasteiger partial charge in [-0.1, -0.05) is 45.1 Å². The number of hydrogen-bond donors (Lipinski definition) is 1. The number of nitrogens with one attached hydrogen (secondary N) is 1. The highest BCUT2D eigenvalue weighted by molar-refractivity contribution is 9.11. The molecule has 0 aliphatic heterocycles. The first-order valence-corrected chi connectivity index (χ1v) is 8.58. The summed E-state index contributed by atoms with van der Waals surface area (Å²) in [5.41, 5.74) is 1.83. The van der Waals surface area contributed by atoms with Gasteiger partial charge in [0.15, 0.2) is 0 Å². The van der Waals surface area contributed by atoms with E-state index in [9.17, 15) is 0 Å². The van der Waals surface area contributed by atoms with Crippen LogP contribution in [0.25, 0.3) is 0 Å². The number of terminal acetylenes is 1. The summed E-state index contributed by atoms with van der Waals surface area (Å²) in [4.78, 5) is 0. The first-order chi connectivity index (χ1) is 10.5. The van der Waals surface area contributed by atoms with E-state index in [-0.39, 0.29) is 6.61 Å². The second-order valence-corrected chi connectivity index (χ2v) is 6.94. The Morgan fingerprint density at radius 2 is 1.91 bits per heavy atom. The highest BCUT2D eigenvalue weighted by Crippen LogP contribution is 2.34. The summed E-state index contributed by atoms with van der Waals surface area (Å²) in [5, 5.41) is 4.31. The van der Waals surface area contributed by atoms with Crippen LogP contribution in [0.15, 0.2) is 39.3 Å². The van der Waals surface area contributed by atoms with Gasteiger partial charge < -0.3 is 10.1 Å². The lowest BCUT2D eigenvalue weighted by molar-refractivity contribution is 0.364. The molecular weight excluding hydrogens is 453 g/mol. The maximum atomic E-state index is 6.01. The minimum atomic E-state index is 0.208. The van der Waals surface area contributed by atoms with E-state index in [1.807, 2.05) is 18.2 Å². The van der Waals surface area contributed by atoms with Crippen molar-refractivity contribution in [1.29, 1.82) is 0 Å². The van der Waals surface area contributed by atoms with Crippen LogP contribution in [0.3, 0.4) is 0 Å². The van der Waals surface area contributed by atoms with Crippen LogP contribution in [-0.4, -0.2) is 6.61 Å². The van der Waals surface area contributed by atoms with E-state index in [2.05, 4.69) is 43.1 Å². The fraction of sp³-hybridized carbons (Fsp3) is 0.125. The Kier molecular flexibility index (Phi) is 6.46. The van der Waals surface area contributed by atoms with Gasteiger partial charge in [-0.15, -0.1) is 6.42 Å². The Balaban J connectivity index is 2.20. The molecule has 2 aromatic carbocycles. The van der Waals surface area contributed by atoms with Crippen molar-refractivity contribution in [2.75, 3.05) is 11.9 Å². The zero-order chi connectivity index (χ0) is 16.1. The monoisotopic (exact) mass is 461 g/mol. The molecule has 0 aliphatic rings. The fourth-order valence-electron chi connectivity index (χ4n) is 1.82. The Morgan fingerprint density at radius 1 is 1.14 bits per heavy atom. The lowest BCUT2D eigenvalue weighted by Crippen LogP contribution is -2.04. The molecule has 0 saturated carbocycles. The lowest BCUT2D eigenvalue weighted by Gasteiger charge is -2.14. The van der Waals surface area contributed by atoms with Crippen molar-refractivity contribution in [3.63, 3.8) is 0 Å². The lowest BCUT2D eigenvalue weighted by atomic mass is 10.2. The van der Waals surface area contributed by atoms with Gasteiger partial charge in [0.1, 0.15) is 12.4 Å². The molecule has 114 valence electrons. The molecule has 0 saturated heterocycles.